The van der Waals surface area contributed by atoms with E-state index in [1.165, 1.54) is 0 Å². The number of urea groups is 1. The van der Waals surface area contributed by atoms with E-state index >= 15 is 0 Å². The highest BCUT2D eigenvalue weighted by Gasteiger charge is 2.17. The number of oxazole rings is 1. The predicted octanol–water partition coefficient (Wildman–Crippen LogP) is 2.23. The Balaban J connectivity index is 1.54. The maximum atomic E-state index is 12.0. The summed E-state index contributed by atoms with van der Waals surface area (Å²) in [7, 11) is 0. The predicted molar refractivity (Wildman–Crippen MR) is 86.2 cm³/mol. The van der Waals surface area contributed by atoms with Crippen molar-refractivity contribution in [2.75, 3.05) is 32.8 Å². The molecule has 0 bridgehead atoms. The summed E-state index contributed by atoms with van der Waals surface area (Å²) >= 11 is 0. The molecule has 1 fully saturated rings. The van der Waals surface area contributed by atoms with Crippen LogP contribution in [0, 0.1) is 6.92 Å². The Hall–Kier alpha value is -2.34. The number of rotatable bonds is 4. The number of nitrogens with zero attached hydrogens (tertiary/aromatic N) is 2. The molecular formula is C17H21N3O3. The van der Waals surface area contributed by atoms with Crippen LogP contribution in [0.5, 0.6) is 0 Å². The van der Waals surface area contributed by atoms with Gasteiger partial charge in [-0.2, -0.15) is 0 Å². The van der Waals surface area contributed by atoms with E-state index in [0.717, 1.165) is 17.0 Å². The fourth-order valence-corrected chi connectivity index (χ4v) is 2.53. The number of carbonyl (C=O) groups excluding carboxylic acids is 1. The summed E-state index contributed by atoms with van der Waals surface area (Å²) in [6.45, 7) is 4.95. The summed E-state index contributed by atoms with van der Waals surface area (Å²) in [5, 5.41) is 2.93. The van der Waals surface area contributed by atoms with Crippen LogP contribution in [0.2, 0.25) is 0 Å². The van der Waals surface area contributed by atoms with Gasteiger partial charge in [0.2, 0.25) is 5.89 Å². The van der Waals surface area contributed by atoms with Crippen LogP contribution in [0.4, 0.5) is 4.79 Å². The number of nitrogens with one attached hydrogen (secondary N) is 1. The highest BCUT2D eigenvalue weighted by Crippen LogP contribution is 2.21. The van der Waals surface area contributed by atoms with Crippen LogP contribution >= 0.6 is 0 Å². The molecule has 1 aliphatic heterocycles. The minimum Gasteiger partial charge on any atom is -0.441 e. The van der Waals surface area contributed by atoms with Gasteiger partial charge in [-0.05, 0) is 19.1 Å². The van der Waals surface area contributed by atoms with Crippen molar-refractivity contribution in [1.29, 1.82) is 0 Å². The Morgan fingerprint density at radius 3 is 2.74 bits per heavy atom. The number of aromatic nitrogens is 1. The van der Waals surface area contributed by atoms with Gasteiger partial charge >= 0.3 is 6.03 Å². The van der Waals surface area contributed by atoms with Gasteiger partial charge in [-0.25, -0.2) is 9.78 Å². The standard InChI is InChI=1S/C17H21N3O3/c1-13-15(19-16(23-13)14-5-3-2-4-6-14)7-8-18-17(21)20-9-11-22-12-10-20/h2-6H,7-12H2,1H3,(H,18,21). The van der Waals surface area contributed by atoms with Crippen molar-refractivity contribution in [2.24, 2.45) is 0 Å². The van der Waals surface area contributed by atoms with Crippen LogP contribution in [0.15, 0.2) is 34.7 Å². The number of morpholine rings is 1. The molecule has 0 saturated carbocycles. The number of hydrogen-bond donors (Lipinski definition) is 1. The van der Waals surface area contributed by atoms with E-state index in [0.29, 0.717) is 45.2 Å². The average molecular weight is 315 g/mol. The van der Waals surface area contributed by atoms with Gasteiger partial charge in [-0.15, -0.1) is 0 Å². The van der Waals surface area contributed by atoms with Crippen molar-refractivity contribution in [3.63, 3.8) is 0 Å². The molecule has 0 aliphatic carbocycles. The highest BCUT2D eigenvalue weighted by atomic mass is 16.5. The molecule has 1 saturated heterocycles. The first-order valence-corrected chi connectivity index (χ1v) is 7.86. The van der Waals surface area contributed by atoms with Crippen molar-refractivity contribution >= 4 is 6.03 Å². The van der Waals surface area contributed by atoms with Crippen LogP contribution in [0.1, 0.15) is 11.5 Å². The fraction of sp³-hybridized carbons (Fsp3) is 0.412. The van der Waals surface area contributed by atoms with Gasteiger partial charge < -0.3 is 19.4 Å². The lowest BCUT2D eigenvalue weighted by Crippen LogP contribution is -2.46. The molecule has 0 radical (unpaired) electrons. The maximum absolute atomic E-state index is 12.0. The van der Waals surface area contributed by atoms with Crippen molar-refractivity contribution < 1.29 is 13.9 Å². The quantitative estimate of drug-likeness (QED) is 0.939. The number of aryl methyl sites for hydroxylation is 1. The minimum atomic E-state index is -0.0438. The summed E-state index contributed by atoms with van der Waals surface area (Å²) in [4.78, 5) is 18.3. The van der Waals surface area contributed by atoms with E-state index in [1.807, 2.05) is 37.3 Å². The molecule has 2 aromatic rings. The molecule has 0 unspecified atom stereocenters. The van der Waals surface area contributed by atoms with E-state index < -0.39 is 0 Å². The van der Waals surface area contributed by atoms with Crippen LogP contribution in [-0.4, -0.2) is 48.8 Å². The molecule has 6 nitrogen and oxygen atoms in total. The molecule has 1 aromatic heterocycles. The lowest BCUT2D eigenvalue weighted by atomic mass is 10.2. The molecule has 0 atom stereocenters. The lowest BCUT2D eigenvalue weighted by molar-refractivity contribution is 0.0533. The molecule has 1 aromatic carbocycles. The van der Waals surface area contributed by atoms with Crippen LogP contribution in [0.25, 0.3) is 11.5 Å². The molecular weight excluding hydrogens is 294 g/mol. The van der Waals surface area contributed by atoms with Gasteiger partial charge in [-0.1, -0.05) is 18.2 Å². The summed E-state index contributed by atoms with van der Waals surface area (Å²) in [5.74, 6) is 1.42. The first kappa shape index (κ1) is 15.6. The van der Waals surface area contributed by atoms with Crippen molar-refractivity contribution in [3.8, 4) is 11.5 Å². The Morgan fingerprint density at radius 1 is 1.26 bits per heavy atom. The summed E-state index contributed by atoms with van der Waals surface area (Å²) in [6, 6.07) is 9.76. The van der Waals surface area contributed by atoms with Gasteiger partial charge in [0.1, 0.15) is 5.76 Å². The van der Waals surface area contributed by atoms with Gasteiger partial charge in [0.25, 0.3) is 0 Å². The van der Waals surface area contributed by atoms with E-state index in [9.17, 15) is 4.79 Å². The van der Waals surface area contributed by atoms with Crippen LogP contribution in [0.3, 0.4) is 0 Å². The summed E-state index contributed by atoms with van der Waals surface area (Å²) in [5.41, 5.74) is 1.84. The normalized spacial score (nSPS) is 14.7. The Labute approximate surface area is 135 Å². The molecule has 3 rings (SSSR count). The molecule has 1 N–H and O–H groups in total. The van der Waals surface area contributed by atoms with Crippen molar-refractivity contribution in [3.05, 3.63) is 41.8 Å². The number of amides is 2. The number of carbonyl (C=O) groups is 1. The molecule has 2 amide bonds. The van der Waals surface area contributed by atoms with Crippen molar-refractivity contribution in [1.82, 2.24) is 15.2 Å². The number of hydrogen-bond acceptors (Lipinski definition) is 4. The van der Waals surface area contributed by atoms with E-state index in [4.69, 9.17) is 9.15 Å². The molecule has 6 heteroatoms. The third-order valence-electron chi connectivity index (χ3n) is 3.85. The number of benzene rings is 1. The number of ether oxygens (including phenoxy) is 1. The first-order valence-electron chi connectivity index (χ1n) is 7.86. The Bertz CT molecular complexity index is 648. The summed E-state index contributed by atoms with van der Waals surface area (Å²) < 4.78 is 11.0. The topological polar surface area (TPSA) is 67.6 Å². The molecule has 0 spiro atoms. The zero-order chi connectivity index (χ0) is 16.1. The van der Waals surface area contributed by atoms with Gasteiger partial charge in [0.05, 0.1) is 18.9 Å². The minimum absolute atomic E-state index is 0.0438. The molecule has 2 heterocycles. The smallest absolute Gasteiger partial charge is 0.317 e. The largest absolute Gasteiger partial charge is 0.441 e. The van der Waals surface area contributed by atoms with E-state index in [2.05, 4.69) is 10.3 Å². The van der Waals surface area contributed by atoms with Gasteiger partial charge in [-0.3, -0.25) is 0 Å². The summed E-state index contributed by atoms with van der Waals surface area (Å²) in [6.07, 6.45) is 0.651. The molecule has 1 aliphatic rings. The third kappa shape index (κ3) is 3.90. The van der Waals surface area contributed by atoms with Gasteiger partial charge in [0, 0.05) is 31.6 Å². The molecule has 122 valence electrons. The average Bonchev–Trinajstić information content (AvgIpc) is 2.97. The van der Waals surface area contributed by atoms with Crippen LogP contribution < -0.4 is 5.32 Å². The lowest BCUT2D eigenvalue weighted by Gasteiger charge is -2.26. The Morgan fingerprint density at radius 2 is 2.00 bits per heavy atom. The molecule has 23 heavy (non-hydrogen) atoms. The highest BCUT2D eigenvalue weighted by molar-refractivity contribution is 5.74. The zero-order valence-electron chi connectivity index (χ0n) is 13.2. The van der Waals surface area contributed by atoms with Gasteiger partial charge in [0.15, 0.2) is 0 Å². The second-order valence-corrected chi connectivity index (χ2v) is 5.47. The zero-order valence-corrected chi connectivity index (χ0v) is 13.2. The second-order valence-electron chi connectivity index (χ2n) is 5.47. The van der Waals surface area contributed by atoms with Crippen LogP contribution in [-0.2, 0) is 11.2 Å². The first-order chi connectivity index (χ1) is 11.2. The van der Waals surface area contributed by atoms with Crippen molar-refractivity contribution in [2.45, 2.75) is 13.3 Å². The SMILES string of the molecule is Cc1oc(-c2ccccc2)nc1CCNC(=O)N1CCOCC1. The maximum Gasteiger partial charge on any atom is 0.317 e. The Kier molecular flexibility index (Phi) is 4.92. The van der Waals surface area contributed by atoms with E-state index in [1.54, 1.807) is 4.90 Å². The van der Waals surface area contributed by atoms with E-state index in [-0.39, 0.29) is 6.03 Å². The third-order valence-corrected chi connectivity index (χ3v) is 3.85. The second kappa shape index (κ2) is 7.28. The fourth-order valence-electron chi connectivity index (χ4n) is 2.53. The monoisotopic (exact) mass is 315 g/mol.